The molecule has 0 unspecified atom stereocenters. The van der Waals surface area contributed by atoms with Crippen LogP contribution in [0.5, 0.6) is 0 Å². The van der Waals surface area contributed by atoms with E-state index in [1.54, 1.807) is 4.68 Å². The van der Waals surface area contributed by atoms with Crippen molar-refractivity contribution in [3.63, 3.8) is 0 Å². The summed E-state index contributed by atoms with van der Waals surface area (Å²) < 4.78 is 1.78. The van der Waals surface area contributed by atoms with Crippen LogP contribution in [0.25, 0.3) is 5.69 Å². The third-order valence-electron chi connectivity index (χ3n) is 3.97. The minimum atomic E-state index is 0.421. The fourth-order valence-electron chi connectivity index (χ4n) is 2.66. The van der Waals surface area contributed by atoms with Crippen LogP contribution in [-0.2, 0) is 12.8 Å². The Hall–Kier alpha value is -3.00. The summed E-state index contributed by atoms with van der Waals surface area (Å²) >= 11 is 0. The monoisotopic (exact) mass is 317 g/mol. The first-order valence-electron chi connectivity index (χ1n) is 8.14. The van der Waals surface area contributed by atoms with Crippen LogP contribution in [0, 0.1) is 11.3 Å². The van der Waals surface area contributed by atoms with E-state index in [1.165, 1.54) is 11.1 Å². The van der Waals surface area contributed by atoms with Crippen LogP contribution in [0.1, 0.15) is 42.3 Å². The van der Waals surface area contributed by atoms with Gasteiger partial charge in [-0.2, -0.15) is 5.26 Å². The average molecular weight is 317 g/mol. The summed E-state index contributed by atoms with van der Waals surface area (Å²) in [5.41, 5.74) is 4.70. The van der Waals surface area contributed by atoms with Crippen molar-refractivity contribution in [2.24, 2.45) is 0 Å². The summed E-state index contributed by atoms with van der Waals surface area (Å²) in [4.78, 5) is 4.04. The van der Waals surface area contributed by atoms with Crippen molar-refractivity contribution in [1.82, 2.24) is 20.0 Å². The molecule has 0 amide bonds. The zero-order valence-electron chi connectivity index (χ0n) is 13.7. The van der Waals surface area contributed by atoms with Crippen molar-refractivity contribution < 1.29 is 0 Å². The van der Waals surface area contributed by atoms with Crippen LogP contribution in [-0.4, -0.2) is 20.0 Å². The summed E-state index contributed by atoms with van der Waals surface area (Å²) in [6.07, 6.45) is 7.38. The molecule has 1 aromatic carbocycles. The molecule has 0 aliphatic heterocycles. The van der Waals surface area contributed by atoms with Gasteiger partial charge in [-0.15, -0.1) is 5.10 Å². The van der Waals surface area contributed by atoms with E-state index in [9.17, 15) is 5.26 Å². The molecule has 0 radical (unpaired) electrons. The molecule has 5 heteroatoms. The lowest BCUT2D eigenvalue weighted by atomic mass is 10.1. The zero-order valence-corrected chi connectivity index (χ0v) is 13.7. The molecule has 24 heavy (non-hydrogen) atoms. The third-order valence-corrected chi connectivity index (χ3v) is 3.97. The van der Waals surface area contributed by atoms with E-state index in [0.29, 0.717) is 5.69 Å². The first kappa shape index (κ1) is 15.9. The van der Waals surface area contributed by atoms with Gasteiger partial charge >= 0.3 is 0 Å². The second-order valence-electron chi connectivity index (χ2n) is 5.71. The Labute approximate surface area is 141 Å². The summed E-state index contributed by atoms with van der Waals surface area (Å²) in [7, 11) is 0. The number of pyridine rings is 1. The van der Waals surface area contributed by atoms with Crippen LogP contribution in [0.3, 0.4) is 0 Å². The van der Waals surface area contributed by atoms with Crippen LogP contribution >= 0.6 is 0 Å². The molecular weight excluding hydrogens is 298 g/mol. The molecule has 0 atom stereocenters. The molecule has 0 aliphatic carbocycles. The predicted molar refractivity (Wildman–Crippen MR) is 91.7 cm³/mol. The van der Waals surface area contributed by atoms with Gasteiger partial charge in [0.15, 0.2) is 5.69 Å². The van der Waals surface area contributed by atoms with Gasteiger partial charge in [-0.1, -0.05) is 30.7 Å². The quantitative estimate of drug-likeness (QED) is 0.698. The molecule has 0 spiro atoms. The maximum absolute atomic E-state index is 9.22. The molecule has 120 valence electrons. The van der Waals surface area contributed by atoms with Gasteiger partial charge in [-0.05, 0) is 54.7 Å². The van der Waals surface area contributed by atoms with Crippen LogP contribution in [0.15, 0.2) is 48.8 Å². The van der Waals surface area contributed by atoms with Crippen LogP contribution < -0.4 is 0 Å². The molecule has 2 heterocycles. The van der Waals surface area contributed by atoms with Crippen LogP contribution in [0.4, 0.5) is 0 Å². The van der Waals surface area contributed by atoms with E-state index in [0.717, 1.165) is 37.1 Å². The summed E-state index contributed by atoms with van der Waals surface area (Å²) in [5, 5.41) is 17.4. The zero-order chi connectivity index (χ0) is 16.8. The second kappa shape index (κ2) is 7.51. The Morgan fingerprint density at radius 1 is 1.04 bits per heavy atom. The molecule has 0 N–H and O–H groups in total. The number of nitrogens with zero attached hydrogens (tertiary/aromatic N) is 5. The van der Waals surface area contributed by atoms with E-state index in [2.05, 4.69) is 40.4 Å². The number of unbranched alkanes of at least 4 members (excludes halogenated alkanes) is 1. The highest BCUT2D eigenvalue weighted by Gasteiger charge is 2.13. The molecule has 0 bridgehead atoms. The highest BCUT2D eigenvalue weighted by Crippen LogP contribution is 2.17. The second-order valence-corrected chi connectivity index (χ2v) is 5.71. The van der Waals surface area contributed by atoms with Crippen molar-refractivity contribution in [2.45, 2.75) is 32.6 Å². The van der Waals surface area contributed by atoms with Gasteiger partial charge < -0.3 is 0 Å². The number of hydrogen-bond donors (Lipinski definition) is 0. The Bertz CT molecular complexity index is 828. The van der Waals surface area contributed by atoms with Gasteiger partial charge in [0, 0.05) is 12.4 Å². The number of benzene rings is 1. The number of rotatable bonds is 6. The number of nitriles is 1. The lowest BCUT2D eigenvalue weighted by molar-refractivity contribution is 0.715. The molecule has 0 fully saturated rings. The molecule has 0 saturated carbocycles. The summed E-state index contributed by atoms with van der Waals surface area (Å²) in [6, 6.07) is 14.4. The van der Waals surface area contributed by atoms with Gasteiger partial charge in [0.05, 0.1) is 11.4 Å². The van der Waals surface area contributed by atoms with Gasteiger partial charge in [-0.25, -0.2) is 4.68 Å². The van der Waals surface area contributed by atoms with E-state index >= 15 is 0 Å². The standard InChI is InChI=1S/C19H19N5/c1-2-3-4-19-18(14-20)22-23-24(19)17-7-5-15(6-8-17)13-16-9-11-21-12-10-16/h5-12H,2-4,13H2,1H3. The van der Waals surface area contributed by atoms with Gasteiger partial charge in [0.2, 0.25) is 0 Å². The van der Waals surface area contributed by atoms with E-state index < -0.39 is 0 Å². The Kier molecular flexibility index (Phi) is 4.97. The first-order chi connectivity index (χ1) is 11.8. The van der Waals surface area contributed by atoms with Crippen LogP contribution in [0.2, 0.25) is 0 Å². The Morgan fingerprint density at radius 3 is 2.42 bits per heavy atom. The SMILES string of the molecule is CCCCc1c(C#N)nnn1-c1ccc(Cc2ccncc2)cc1. The molecule has 5 nitrogen and oxygen atoms in total. The lowest BCUT2D eigenvalue weighted by Crippen LogP contribution is -2.03. The fraction of sp³-hybridized carbons (Fsp3) is 0.263. The van der Waals surface area contributed by atoms with E-state index in [1.807, 2.05) is 36.7 Å². The summed E-state index contributed by atoms with van der Waals surface area (Å²) in [5.74, 6) is 0. The van der Waals surface area contributed by atoms with Gasteiger partial charge in [0.25, 0.3) is 0 Å². The first-order valence-corrected chi connectivity index (χ1v) is 8.14. The smallest absolute Gasteiger partial charge is 0.186 e. The largest absolute Gasteiger partial charge is 0.265 e. The van der Waals surface area contributed by atoms with E-state index in [-0.39, 0.29) is 0 Å². The maximum Gasteiger partial charge on any atom is 0.186 e. The van der Waals surface area contributed by atoms with Crippen molar-refractivity contribution >= 4 is 0 Å². The van der Waals surface area contributed by atoms with Crippen molar-refractivity contribution in [3.8, 4) is 11.8 Å². The number of hydrogen-bond acceptors (Lipinski definition) is 4. The summed E-state index contributed by atoms with van der Waals surface area (Å²) in [6.45, 7) is 2.13. The van der Waals surface area contributed by atoms with Gasteiger partial charge in [0.1, 0.15) is 6.07 Å². The van der Waals surface area contributed by atoms with Crippen molar-refractivity contribution in [3.05, 3.63) is 71.3 Å². The molecule has 3 aromatic rings. The topological polar surface area (TPSA) is 67.4 Å². The predicted octanol–water partition coefficient (Wildman–Crippen LogP) is 3.47. The van der Waals surface area contributed by atoms with Crippen molar-refractivity contribution in [2.75, 3.05) is 0 Å². The Morgan fingerprint density at radius 2 is 1.75 bits per heavy atom. The minimum Gasteiger partial charge on any atom is -0.265 e. The number of aromatic nitrogens is 4. The Balaban J connectivity index is 1.83. The normalized spacial score (nSPS) is 10.5. The van der Waals surface area contributed by atoms with Crippen molar-refractivity contribution in [1.29, 1.82) is 5.26 Å². The average Bonchev–Trinajstić information content (AvgIpc) is 3.04. The third kappa shape index (κ3) is 3.49. The minimum absolute atomic E-state index is 0.421. The highest BCUT2D eigenvalue weighted by molar-refractivity contribution is 5.39. The molecular formula is C19H19N5. The van der Waals surface area contributed by atoms with E-state index in [4.69, 9.17) is 0 Å². The molecule has 2 aromatic heterocycles. The molecule has 0 saturated heterocycles. The molecule has 0 aliphatic rings. The van der Waals surface area contributed by atoms with Gasteiger partial charge in [-0.3, -0.25) is 4.98 Å². The molecule has 3 rings (SSSR count). The highest BCUT2D eigenvalue weighted by atomic mass is 15.4. The lowest BCUT2D eigenvalue weighted by Gasteiger charge is -2.07. The maximum atomic E-state index is 9.22. The fourth-order valence-corrected chi connectivity index (χ4v) is 2.66.